The summed E-state index contributed by atoms with van der Waals surface area (Å²) in [7, 11) is 0. The van der Waals surface area contributed by atoms with Gasteiger partial charge in [-0.3, -0.25) is 9.78 Å². The fourth-order valence-electron chi connectivity index (χ4n) is 2.50. The van der Waals surface area contributed by atoms with Crippen LogP contribution in [-0.2, 0) is 11.2 Å². The van der Waals surface area contributed by atoms with Crippen LogP contribution in [0.2, 0.25) is 0 Å². The Balaban J connectivity index is 1.51. The van der Waals surface area contributed by atoms with Gasteiger partial charge in [0.1, 0.15) is 5.82 Å². The van der Waals surface area contributed by atoms with Crippen molar-refractivity contribution in [3.63, 3.8) is 0 Å². The minimum Gasteiger partial charge on any atom is -0.339 e. The van der Waals surface area contributed by atoms with E-state index in [0.717, 1.165) is 17.5 Å². The number of carbonyl (C=O) groups is 1. The molecule has 1 saturated heterocycles. The highest BCUT2D eigenvalue weighted by Crippen LogP contribution is 2.20. The minimum atomic E-state index is -0.300. The predicted octanol–water partition coefficient (Wildman–Crippen LogP) is 1.44. The maximum atomic E-state index is 12.8. The van der Waals surface area contributed by atoms with E-state index in [1.54, 1.807) is 24.5 Å². The van der Waals surface area contributed by atoms with E-state index in [-0.39, 0.29) is 30.4 Å². The summed E-state index contributed by atoms with van der Waals surface area (Å²) in [5, 5.41) is 2.92. The summed E-state index contributed by atoms with van der Waals surface area (Å²) >= 11 is 0. The molecule has 0 aliphatic carbocycles. The third-order valence-corrected chi connectivity index (χ3v) is 3.62. The summed E-state index contributed by atoms with van der Waals surface area (Å²) < 4.78 is 12.8. The molecule has 1 aliphatic heterocycles. The molecule has 2 heterocycles. The van der Waals surface area contributed by atoms with Crippen molar-refractivity contribution in [1.29, 1.82) is 0 Å². The van der Waals surface area contributed by atoms with Gasteiger partial charge in [0, 0.05) is 24.9 Å². The molecule has 6 heteroatoms. The maximum Gasteiger partial charge on any atom is 0.225 e. The molecule has 5 nitrogen and oxygen atoms in total. The third kappa shape index (κ3) is 3.66. The predicted molar refractivity (Wildman–Crippen MR) is 79.9 cm³/mol. The number of nitrogens with zero attached hydrogens (tertiary/aromatic N) is 1. The van der Waals surface area contributed by atoms with E-state index in [2.05, 4.69) is 21.2 Å². The number of aromatic nitrogens is 1. The zero-order valence-electron chi connectivity index (χ0n) is 11.9. The van der Waals surface area contributed by atoms with Crippen LogP contribution in [0.3, 0.4) is 0 Å². The summed E-state index contributed by atoms with van der Waals surface area (Å²) in [6, 6.07) is 9.99. The largest absolute Gasteiger partial charge is 0.339 e. The van der Waals surface area contributed by atoms with Gasteiger partial charge >= 0.3 is 0 Å². The first-order chi connectivity index (χ1) is 10.7. The smallest absolute Gasteiger partial charge is 0.225 e. The van der Waals surface area contributed by atoms with Crippen LogP contribution in [-0.4, -0.2) is 17.1 Å². The zero-order valence-corrected chi connectivity index (χ0v) is 11.9. The lowest BCUT2D eigenvalue weighted by molar-refractivity contribution is -0.121. The van der Waals surface area contributed by atoms with Crippen molar-refractivity contribution in [3.8, 4) is 0 Å². The molecule has 1 fully saturated rings. The second-order valence-electron chi connectivity index (χ2n) is 5.28. The number of carbonyl (C=O) groups excluding carboxylic acids is 1. The molecule has 2 aromatic rings. The number of hydrazine groups is 1. The molecule has 1 amide bonds. The van der Waals surface area contributed by atoms with Crippen molar-refractivity contribution < 1.29 is 9.18 Å². The van der Waals surface area contributed by atoms with Crippen molar-refractivity contribution in [2.45, 2.75) is 25.0 Å². The van der Waals surface area contributed by atoms with Crippen molar-refractivity contribution >= 4 is 5.91 Å². The second kappa shape index (κ2) is 6.64. The van der Waals surface area contributed by atoms with E-state index in [1.165, 1.54) is 12.1 Å². The lowest BCUT2D eigenvalue weighted by atomic mass is 10.1. The first-order valence-electron chi connectivity index (χ1n) is 7.15. The molecule has 1 aromatic heterocycles. The fraction of sp³-hybridized carbons (Fsp3) is 0.250. The van der Waals surface area contributed by atoms with Crippen LogP contribution in [0.5, 0.6) is 0 Å². The zero-order chi connectivity index (χ0) is 15.4. The number of rotatable bonds is 4. The van der Waals surface area contributed by atoms with Gasteiger partial charge in [-0.05, 0) is 35.4 Å². The first kappa shape index (κ1) is 14.6. The number of benzene rings is 1. The summed E-state index contributed by atoms with van der Waals surface area (Å²) in [5.74, 6) is -0.396. The van der Waals surface area contributed by atoms with Crippen LogP contribution in [0.1, 0.15) is 23.6 Å². The molecule has 22 heavy (non-hydrogen) atoms. The van der Waals surface area contributed by atoms with Gasteiger partial charge in [0.15, 0.2) is 0 Å². The molecule has 3 N–H and O–H groups in total. The summed E-state index contributed by atoms with van der Waals surface area (Å²) in [5.41, 5.74) is 8.14. The minimum absolute atomic E-state index is 0.0960. The van der Waals surface area contributed by atoms with Crippen LogP contribution in [0.25, 0.3) is 0 Å². The third-order valence-electron chi connectivity index (χ3n) is 3.62. The van der Waals surface area contributed by atoms with E-state index in [0.29, 0.717) is 0 Å². The number of hydrogen-bond donors (Lipinski definition) is 3. The molecular formula is C16H17FN4O. The monoisotopic (exact) mass is 300 g/mol. The van der Waals surface area contributed by atoms with E-state index in [1.807, 2.05) is 12.1 Å². The molecule has 2 atom stereocenters. The van der Waals surface area contributed by atoms with Crippen LogP contribution < -0.4 is 16.2 Å². The van der Waals surface area contributed by atoms with Crippen molar-refractivity contribution in [2.24, 2.45) is 0 Å². The molecule has 2 unspecified atom stereocenters. The maximum absolute atomic E-state index is 12.8. The summed E-state index contributed by atoms with van der Waals surface area (Å²) in [6.07, 6.45) is 4.35. The molecule has 1 aliphatic rings. The van der Waals surface area contributed by atoms with Crippen molar-refractivity contribution in [1.82, 2.24) is 21.2 Å². The molecule has 3 rings (SSSR count). The number of nitrogens with one attached hydrogen (secondary N) is 3. The number of halogens is 1. The van der Waals surface area contributed by atoms with E-state index in [4.69, 9.17) is 0 Å². The van der Waals surface area contributed by atoms with Gasteiger partial charge in [-0.2, -0.15) is 0 Å². The van der Waals surface area contributed by atoms with Gasteiger partial charge in [-0.1, -0.05) is 12.1 Å². The van der Waals surface area contributed by atoms with Crippen molar-refractivity contribution in [2.75, 3.05) is 0 Å². The molecule has 0 saturated carbocycles. The Hall–Kier alpha value is -2.31. The molecule has 0 spiro atoms. The topological polar surface area (TPSA) is 66.0 Å². The Morgan fingerprint density at radius 2 is 1.91 bits per heavy atom. The molecule has 1 aromatic carbocycles. The molecule has 0 bridgehead atoms. The SMILES string of the molecule is O=C(Cc1ccc(F)cc1)NC1CC(c2ccncc2)NN1. The van der Waals surface area contributed by atoms with Crippen LogP contribution in [0.15, 0.2) is 48.8 Å². The van der Waals surface area contributed by atoms with Crippen molar-refractivity contribution in [3.05, 3.63) is 65.7 Å². The van der Waals surface area contributed by atoms with Gasteiger partial charge in [-0.15, -0.1) is 0 Å². The Morgan fingerprint density at radius 3 is 2.64 bits per heavy atom. The summed E-state index contributed by atoms with van der Waals surface area (Å²) in [4.78, 5) is 16.0. The number of hydrogen-bond acceptors (Lipinski definition) is 4. The normalized spacial score (nSPS) is 20.8. The van der Waals surface area contributed by atoms with Gasteiger partial charge < -0.3 is 5.32 Å². The van der Waals surface area contributed by atoms with Crippen LogP contribution in [0.4, 0.5) is 4.39 Å². The highest BCUT2D eigenvalue weighted by atomic mass is 19.1. The molecule has 0 radical (unpaired) electrons. The standard InChI is InChI=1S/C16H17FN4O/c17-13-3-1-11(2-4-13)9-16(22)19-15-10-14(20-21-15)12-5-7-18-8-6-12/h1-8,14-15,20-21H,9-10H2,(H,19,22). The second-order valence-corrected chi connectivity index (χ2v) is 5.28. The first-order valence-corrected chi connectivity index (χ1v) is 7.15. The Bertz CT molecular complexity index is 632. The lowest BCUT2D eigenvalue weighted by Crippen LogP contribution is -2.44. The van der Waals surface area contributed by atoms with Gasteiger partial charge in [-0.25, -0.2) is 15.2 Å². The molecular weight excluding hydrogens is 283 g/mol. The highest BCUT2D eigenvalue weighted by molar-refractivity contribution is 5.78. The van der Waals surface area contributed by atoms with Gasteiger partial charge in [0.2, 0.25) is 5.91 Å². The average molecular weight is 300 g/mol. The quantitative estimate of drug-likeness (QED) is 0.799. The summed E-state index contributed by atoms with van der Waals surface area (Å²) in [6.45, 7) is 0. The number of amides is 1. The van der Waals surface area contributed by atoms with E-state index < -0.39 is 0 Å². The van der Waals surface area contributed by atoms with Gasteiger partial charge in [0.25, 0.3) is 0 Å². The Kier molecular flexibility index (Phi) is 4.41. The van der Waals surface area contributed by atoms with Crippen LogP contribution >= 0.6 is 0 Å². The number of pyridine rings is 1. The Labute approximate surface area is 127 Å². The van der Waals surface area contributed by atoms with E-state index >= 15 is 0 Å². The highest BCUT2D eigenvalue weighted by Gasteiger charge is 2.25. The lowest BCUT2D eigenvalue weighted by Gasteiger charge is -2.12. The van der Waals surface area contributed by atoms with Gasteiger partial charge in [0.05, 0.1) is 12.6 Å². The fourth-order valence-corrected chi connectivity index (χ4v) is 2.50. The Morgan fingerprint density at radius 1 is 1.18 bits per heavy atom. The molecule has 114 valence electrons. The van der Waals surface area contributed by atoms with E-state index in [9.17, 15) is 9.18 Å². The average Bonchev–Trinajstić information content (AvgIpc) is 2.99. The van der Waals surface area contributed by atoms with Crippen LogP contribution in [0, 0.1) is 5.82 Å².